The number of rotatable bonds is 17. The quantitative estimate of drug-likeness (QED) is 0.116. The lowest BCUT2D eigenvalue weighted by molar-refractivity contribution is -0.126. The summed E-state index contributed by atoms with van der Waals surface area (Å²) < 4.78 is 26.5. The number of thiophene rings is 1. The van der Waals surface area contributed by atoms with Crippen LogP contribution in [-0.4, -0.2) is 71.7 Å². The van der Waals surface area contributed by atoms with Crippen LogP contribution in [0.5, 0.6) is 11.5 Å². The van der Waals surface area contributed by atoms with Gasteiger partial charge in [-0.05, 0) is 62.2 Å². The Balaban J connectivity index is 1.43. The molecule has 0 aliphatic heterocycles. The first kappa shape index (κ1) is 33.9. The Kier molecular flexibility index (Phi) is 12.8. The molecule has 1 aromatic carbocycles. The summed E-state index contributed by atoms with van der Waals surface area (Å²) in [6, 6.07) is 11.4. The van der Waals surface area contributed by atoms with Gasteiger partial charge in [0.05, 0.1) is 27.4 Å². The number of amides is 2. The number of Topliss-reactive ketones (excluding diaryl/α,β-unsaturated/α-hetero) is 1. The van der Waals surface area contributed by atoms with Gasteiger partial charge < -0.3 is 25.2 Å². The van der Waals surface area contributed by atoms with Crippen LogP contribution in [0, 0.1) is 11.7 Å². The summed E-state index contributed by atoms with van der Waals surface area (Å²) >= 11 is 1.46. The standard InChI is InChI=1S/C33H40FN5O5S/c1-4-14-39(15-11-23(5-2)28(41)21-40)20-22-6-8-26(37-19-22)31-18-27-32(45-31)30(10-12-35-27)44-29-9-7-24(17-25(29)34)38-33(42)36-13-16-43-3/h6-10,12,17-19,23,40H,4-5,11,13-16,20-21H2,1-3H3,(H2,36,38,42). The van der Waals surface area contributed by atoms with Crippen LogP contribution < -0.4 is 15.4 Å². The molecule has 3 heterocycles. The zero-order valence-corrected chi connectivity index (χ0v) is 26.7. The highest BCUT2D eigenvalue weighted by Crippen LogP contribution is 2.39. The normalized spacial score (nSPS) is 12.0. The molecule has 0 fully saturated rings. The van der Waals surface area contributed by atoms with E-state index in [1.165, 1.54) is 30.6 Å². The van der Waals surface area contributed by atoms with Gasteiger partial charge in [-0.15, -0.1) is 11.3 Å². The number of nitrogens with one attached hydrogen (secondary N) is 2. The minimum Gasteiger partial charge on any atom is -0.453 e. The lowest BCUT2D eigenvalue weighted by Crippen LogP contribution is -2.31. The number of halogens is 1. The number of anilines is 1. The number of carbonyl (C=O) groups is 2. The molecule has 0 spiro atoms. The molecule has 1 atom stereocenters. The molecule has 0 aliphatic rings. The van der Waals surface area contributed by atoms with Crippen molar-refractivity contribution in [2.45, 2.75) is 39.7 Å². The Morgan fingerprint density at radius 1 is 1.09 bits per heavy atom. The maximum absolute atomic E-state index is 14.9. The third-order valence-electron chi connectivity index (χ3n) is 7.30. The van der Waals surface area contributed by atoms with Crippen molar-refractivity contribution in [3.8, 4) is 22.1 Å². The van der Waals surface area contributed by atoms with Gasteiger partial charge in [-0.25, -0.2) is 9.18 Å². The van der Waals surface area contributed by atoms with E-state index >= 15 is 0 Å². The fourth-order valence-corrected chi connectivity index (χ4v) is 5.95. The Bertz CT molecular complexity index is 1570. The van der Waals surface area contributed by atoms with E-state index in [4.69, 9.17) is 14.5 Å². The number of carbonyl (C=O) groups excluding carboxylic acids is 2. The minimum absolute atomic E-state index is 0.0212. The molecule has 0 bridgehead atoms. The van der Waals surface area contributed by atoms with Crippen molar-refractivity contribution in [2.24, 2.45) is 5.92 Å². The van der Waals surface area contributed by atoms with Crippen LogP contribution in [-0.2, 0) is 16.1 Å². The van der Waals surface area contributed by atoms with E-state index in [2.05, 4.69) is 33.5 Å². The smallest absolute Gasteiger partial charge is 0.319 e. The Labute approximate surface area is 266 Å². The topological polar surface area (TPSA) is 126 Å². The number of ether oxygens (including phenoxy) is 2. The SMILES string of the molecule is CCCN(CCC(CC)C(=O)CO)Cc1ccc(-c2cc3nccc(Oc4ccc(NC(=O)NCCOC)cc4F)c3s2)nc1. The van der Waals surface area contributed by atoms with Gasteiger partial charge in [0.25, 0.3) is 0 Å². The first-order valence-corrected chi connectivity index (χ1v) is 15.9. The van der Waals surface area contributed by atoms with Crippen LogP contribution in [0.4, 0.5) is 14.9 Å². The largest absolute Gasteiger partial charge is 0.453 e. The highest BCUT2D eigenvalue weighted by molar-refractivity contribution is 7.22. The molecule has 0 saturated carbocycles. The zero-order chi connectivity index (χ0) is 32.2. The number of aromatic nitrogens is 2. The van der Waals surface area contributed by atoms with Crippen LogP contribution in [0.1, 0.15) is 38.7 Å². The molecule has 0 aliphatic carbocycles. The van der Waals surface area contributed by atoms with Crippen molar-refractivity contribution in [3.05, 3.63) is 66.2 Å². The summed E-state index contributed by atoms with van der Waals surface area (Å²) in [5.41, 5.74) is 2.86. The van der Waals surface area contributed by atoms with Crippen LogP contribution >= 0.6 is 11.3 Å². The second-order valence-electron chi connectivity index (χ2n) is 10.6. The molecular formula is C33H40FN5O5S. The Morgan fingerprint density at radius 2 is 1.93 bits per heavy atom. The van der Waals surface area contributed by atoms with Crippen molar-refractivity contribution in [1.29, 1.82) is 0 Å². The number of hydrogen-bond donors (Lipinski definition) is 3. The Morgan fingerprint density at radius 3 is 2.62 bits per heavy atom. The van der Waals surface area contributed by atoms with Crippen LogP contribution in [0.3, 0.4) is 0 Å². The number of methoxy groups -OCH3 is 1. The van der Waals surface area contributed by atoms with E-state index in [1.807, 2.05) is 25.3 Å². The van der Waals surface area contributed by atoms with Gasteiger partial charge in [-0.1, -0.05) is 19.9 Å². The van der Waals surface area contributed by atoms with Crippen molar-refractivity contribution in [2.75, 3.05) is 45.3 Å². The number of aliphatic hydroxyl groups is 1. The number of fused-ring (bicyclic) bond motifs is 1. The van der Waals surface area contributed by atoms with Gasteiger partial charge in [0.2, 0.25) is 0 Å². The molecule has 12 heteroatoms. The van der Waals surface area contributed by atoms with Gasteiger partial charge in [-0.2, -0.15) is 0 Å². The number of aliphatic hydroxyl groups excluding tert-OH is 1. The molecule has 0 radical (unpaired) electrons. The Hall–Kier alpha value is -3.97. The molecule has 4 aromatic rings. The molecule has 0 saturated heterocycles. The maximum atomic E-state index is 14.9. The molecule has 2 amide bonds. The molecule has 3 aromatic heterocycles. The first-order chi connectivity index (χ1) is 21.8. The molecule has 4 rings (SSSR count). The van der Waals surface area contributed by atoms with Gasteiger partial charge in [-0.3, -0.25) is 19.7 Å². The number of urea groups is 1. The molecule has 1 unspecified atom stereocenters. The number of hydrogen-bond acceptors (Lipinski definition) is 9. The fourth-order valence-electron chi connectivity index (χ4n) is 4.91. The highest BCUT2D eigenvalue weighted by Gasteiger charge is 2.18. The van der Waals surface area contributed by atoms with Crippen molar-refractivity contribution < 1.29 is 28.6 Å². The summed E-state index contributed by atoms with van der Waals surface area (Å²) in [4.78, 5) is 36.4. The van der Waals surface area contributed by atoms with Gasteiger partial charge >= 0.3 is 6.03 Å². The van der Waals surface area contributed by atoms with Crippen molar-refractivity contribution in [1.82, 2.24) is 20.2 Å². The van der Waals surface area contributed by atoms with Crippen molar-refractivity contribution >= 4 is 39.1 Å². The summed E-state index contributed by atoms with van der Waals surface area (Å²) in [6.45, 7) is 6.80. The zero-order valence-electron chi connectivity index (χ0n) is 25.8. The van der Waals surface area contributed by atoms with E-state index in [-0.39, 0.29) is 17.5 Å². The maximum Gasteiger partial charge on any atom is 0.319 e. The lowest BCUT2D eigenvalue weighted by Gasteiger charge is -2.24. The molecule has 3 N–H and O–H groups in total. The van der Waals surface area contributed by atoms with Crippen LogP contribution in [0.2, 0.25) is 0 Å². The molecule has 240 valence electrons. The fraction of sp³-hybridized carbons (Fsp3) is 0.394. The van der Waals surface area contributed by atoms with Crippen LogP contribution in [0.15, 0.2) is 54.9 Å². The number of nitrogens with zero attached hydrogens (tertiary/aromatic N) is 3. The van der Waals surface area contributed by atoms with Crippen molar-refractivity contribution in [3.63, 3.8) is 0 Å². The van der Waals surface area contributed by atoms with Gasteiger partial charge in [0.15, 0.2) is 17.3 Å². The summed E-state index contributed by atoms with van der Waals surface area (Å²) in [5.74, 6) is -0.353. The minimum atomic E-state index is -0.619. The number of ketones is 1. The van der Waals surface area contributed by atoms with Gasteiger partial charge in [0, 0.05) is 56.3 Å². The number of benzene rings is 1. The highest BCUT2D eigenvalue weighted by atomic mass is 32.1. The average molecular weight is 638 g/mol. The van der Waals surface area contributed by atoms with E-state index < -0.39 is 18.5 Å². The van der Waals surface area contributed by atoms with E-state index in [9.17, 15) is 19.1 Å². The lowest BCUT2D eigenvalue weighted by atomic mass is 9.97. The summed E-state index contributed by atoms with van der Waals surface area (Å²) in [7, 11) is 1.54. The van der Waals surface area contributed by atoms with E-state index in [1.54, 1.807) is 18.3 Å². The van der Waals surface area contributed by atoms with E-state index in [0.29, 0.717) is 30.1 Å². The second kappa shape index (κ2) is 16.9. The predicted molar refractivity (Wildman–Crippen MR) is 174 cm³/mol. The molecule has 45 heavy (non-hydrogen) atoms. The monoisotopic (exact) mass is 637 g/mol. The van der Waals surface area contributed by atoms with Gasteiger partial charge in [0.1, 0.15) is 12.4 Å². The summed E-state index contributed by atoms with van der Waals surface area (Å²) in [6.07, 6.45) is 5.92. The average Bonchev–Trinajstić information content (AvgIpc) is 3.48. The predicted octanol–water partition coefficient (Wildman–Crippen LogP) is 6.25. The first-order valence-electron chi connectivity index (χ1n) is 15.1. The van der Waals surface area contributed by atoms with Crippen LogP contribution in [0.25, 0.3) is 20.8 Å². The third-order valence-corrected chi connectivity index (χ3v) is 8.46. The second-order valence-corrected chi connectivity index (χ2v) is 11.7. The third kappa shape index (κ3) is 9.51. The number of pyridine rings is 2. The van der Waals surface area contributed by atoms with E-state index in [0.717, 1.165) is 59.7 Å². The molecular weight excluding hydrogens is 597 g/mol. The summed E-state index contributed by atoms with van der Waals surface area (Å²) in [5, 5.41) is 14.4. The molecule has 10 nitrogen and oxygen atoms in total.